The van der Waals surface area contributed by atoms with Crippen LogP contribution in [0.15, 0.2) is 24.3 Å². The Labute approximate surface area is 135 Å². The van der Waals surface area contributed by atoms with E-state index in [1.165, 1.54) is 0 Å². The summed E-state index contributed by atoms with van der Waals surface area (Å²) < 4.78 is 5.03. The number of amides is 2. The van der Waals surface area contributed by atoms with Crippen molar-refractivity contribution >= 4 is 18.1 Å². The number of ether oxygens (including phenoxy) is 1. The van der Waals surface area contributed by atoms with Gasteiger partial charge in [-0.1, -0.05) is 0 Å². The molecule has 0 aliphatic carbocycles. The molecule has 1 aromatic rings. The molecule has 1 aromatic carbocycles. The summed E-state index contributed by atoms with van der Waals surface area (Å²) in [7, 11) is 1.57. The Morgan fingerprint density at radius 1 is 1.04 bits per heavy atom. The van der Waals surface area contributed by atoms with E-state index in [2.05, 4.69) is 16.0 Å². The Morgan fingerprint density at radius 2 is 1.70 bits per heavy atom. The molecule has 1 rings (SSSR count). The van der Waals surface area contributed by atoms with Gasteiger partial charge in [0, 0.05) is 44.6 Å². The summed E-state index contributed by atoms with van der Waals surface area (Å²) in [4.78, 5) is 33.2. The fraction of sp³-hybridized carbons (Fsp3) is 0.438. The van der Waals surface area contributed by atoms with Crippen molar-refractivity contribution in [3.8, 4) is 5.75 Å². The van der Waals surface area contributed by atoms with Gasteiger partial charge >= 0.3 is 0 Å². The standard InChI is InChI=1S/C16H23N3O4/c1-23-14-6-4-13(5-7-14)16(22)19-11-9-17-8-10-18-15(21)3-2-12-20/h4-7,12,17H,2-3,8-11H2,1H3,(H,18,21)(H,19,22). The summed E-state index contributed by atoms with van der Waals surface area (Å²) in [6.07, 6.45) is 1.20. The van der Waals surface area contributed by atoms with Crippen LogP contribution in [0.2, 0.25) is 0 Å². The molecule has 7 heteroatoms. The van der Waals surface area contributed by atoms with Gasteiger partial charge in [-0.05, 0) is 24.3 Å². The first kappa shape index (κ1) is 18.6. The molecule has 0 aromatic heterocycles. The van der Waals surface area contributed by atoms with Crippen LogP contribution in [0.1, 0.15) is 23.2 Å². The first-order valence-corrected chi connectivity index (χ1v) is 7.50. The van der Waals surface area contributed by atoms with Crippen LogP contribution < -0.4 is 20.7 Å². The van der Waals surface area contributed by atoms with Crippen molar-refractivity contribution < 1.29 is 19.1 Å². The smallest absolute Gasteiger partial charge is 0.251 e. The van der Waals surface area contributed by atoms with Gasteiger partial charge in [0.15, 0.2) is 0 Å². The molecule has 0 spiro atoms. The SMILES string of the molecule is COc1ccc(C(=O)NCCNCCNC(=O)CCC=O)cc1. The Kier molecular flexibility index (Phi) is 9.07. The van der Waals surface area contributed by atoms with Gasteiger partial charge in [0.05, 0.1) is 7.11 Å². The van der Waals surface area contributed by atoms with E-state index in [-0.39, 0.29) is 24.7 Å². The largest absolute Gasteiger partial charge is 0.497 e. The van der Waals surface area contributed by atoms with Gasteiger partial charge in [-0.25, -0.2) is 0 Å². The number of methoxy groups -OCH3 is 1. The van der Waals surface area contributed by atoms with Crippen molar-refractivity contribution in [2.75, 3.05) is 33.3 Å². The van der Waals surface area contributed by atoms with Crippen LogP contribution in [0.5, 0.6) is 5.75 Å². The number of rotatable bonds is 11. The molecular formula is C16H23N3O4. The lowest BCUT2D eigenvalue weighted by atomic mass is 10.2. The molecular weight excluding hydrogens is 298 g/mol. The van der Waals surface area contributed by atoms with Crippen molar-refractivity contribution in [2.45, 2.75) is 12.8 Å². The minimum absolute atomic E-state index is 0.133. The number of hydrogen-bond acceptors (Lipinski definition) is 5. The van der Waals surface area contributed by atoms with Gasteiger partial charge in [-0.15, -0.1) is 0 Å². The zero-order chi connectivity index (χ0) is 16.9. The first-order chi connectivity index (χ1) is 11.2. The van der Waals surface area contributed by atoms with Crippen molar-refractivity contribution in [1.29, 1.82) is 0 Å². The molecule has 0 unspecified atom stereocenters. The maximum absolute atomic E-state index is 11.9. The van der Waals surface area contributed by atoms with E-state index >= 15 is 0 Å². The molecule has 3 N–H and O–H groups in total. The first-order valence-electron chi connectivity index (χ1n) is 7.50. The lowest BCUT2D eigenvalue weighted by Crippen LogP contribution is -2.36. The zero-order valence-corrected chi connectivity index (χ0v) is 13.3. The molecule has 0 radical (unpaired) electrons. The van der Waals surface area contributed by atoms with Crippen molar-refractivity contribution in [3.63, 3.8) is 0 Å². The molecule has 126 valence electrons. The number of carbonyl (C=O) groups is 3. The quantitative estimate of drug-likeness (QED) is 0.397. The second-order valence-electron chi connectivity index (χ2n) is 4.79. The fourth-order valence-corrected chi connectivity index (χ4v) is 1.80. The molecule has 0 saturated heterocycles. The Hall–Kier alpha value is -2.41. The van der Waals surface area contributed by atoms with E-state index in [9.17, 15) is 14.4 Å². The van der Waals surface area contributed by atoms with Gasteiger partial charge in [0.1, 0.15) is 12.0 Å². The van der Waals surface area contributed by atoms with Crippen LogP contribution in [0.25, 0.3) is 0 Å². The van der Waals surface area contributed by atoms with Crippen molar-refractivity contribution in [3.05, 3.63) is 29.8 Å². The molecule has 2 amide bonds. The van der Waals surface area contributed by atoms with E-state index in [4.69, 9.17) is 4.74 Å². The third-order valence-electron chi connectivity index (χ3n) is 3.05. The van der Waals surface area contributed by atoms with Gasteiger partial charge in [-0.3, -0.25) is 9.59 Å². The second-order valence-corrected chi connectivity index (χ2v) is 4.79. The average Bonchev–Trinajstić information content (AvgIpc) is 2.58. The molecule has 7 nitrogen and oxygen atoms in total. The molecule has 0 bridgehead atoms. The molecule has 0 aliphatic rings. The Balaban J connectivity index is 2.07. The summed E-state index contributed by atoms with van der Waals surface area (Å²) >= 11 is 0. The predicted molar refractivity (Wildman–Crippen MR) is 86.5 cm³/mol. The normalized spacial score (nSPS) is 9.96. The minimum atomic E-state index is -0.142. The monoisotopic (exact) mass is 321 g/mol. The third-order valence-corrected chi connectivity index (χ3v) is 3.05. The van der Waals surface area contributed by atoms with Crippen LogP contribution in [-0.2, 0) is 9.59 Å². The Morgan fingerprint density at radius 3 is 2.30 bits per heavy atom. The summed E-state index contributed by atoms with van der Waals surface area (Å²) in [5.74, 6) is 0.432. The molecule has 0 heterocycles. The summed E-state index contributed by atoms with van der Waals surface area (Å²) in [6.45, 7) is 2.19. The van der Waals surface area contributed by atoms with Crippen LogP contribution in [0.4, 0.5) is 0 Å². The third kappa shape index (κ3) is 7.96. The molecule has 0 atom stereocenters. The van der Waals surface area contributed by atoms with Crippen LogP contribution in [-0.4, -0.2) is 51.4 Å². The van der Waals surface area contributed by atoms with Crippen LogP contribution in [0, 0.1) is 0 Å². The highest BCUT2D eigenvalue weighted by Gasteiger charge is 2.04. The van der Waals surface area contributed by atoms with E-state index in [1.54, 1.807) is 31.4 Å². The highest BCUT2D eigenvalue weighted by molar-refractivity contribution is 5.94. The van der Waals surface area contributed by atoms with Crippen LogP contribution >= 0.6 is 0 Å². The number of benzene rings is 1. The fourth-order valence-electron chi connectivity index (χ4n) is 1.80. The molecule has 0 aliphatic heterocycles. The highest BCUT2D eigenvalue weighted by Crippen LogP contribution is 2.10. The van der Waals surface area contributed by atoms with Gasteiger partial charge in [0.2, 0.25) is 5.91 Å². The number of aldehydes is 1. The lowest BCUT2D eigenvalue weighted by molar-refractivity contribution is -0.122. The molecule has 0 saturated carbocycles. The van der Waals surface area contributed by atoms with E-state index in [1.807, 2.05) is 0 Å². The maximum atomic E-state index is 11.9. The lowest BCUT2D eigenvalue weighted by Gasteiger charge is -2.08. The van der Waals surface area contributed by atoms with E-state index in [0.717, 1.165) is 6.29 Å². The minimum Gasteiger partial charge on any atom is -0.497 e. The molecule has 0 fully saturated rings. The number of nitrogens with one attached hydrogen (secondary N) is 3. The maximum Gasteiger partial charge on any atom is 0.251 e. The van der Waals surface area contributed by atoms with Crippen molar-refractivity contribution in [2.24, 2.45) is 0 Å². The zero-order valence-electron chi connectivity index (χ0n) is 13.3. The summed E-state index contributed by atoms with van der Waals surface area (Å²) in [5, 5.41) is 8.59. The average molecular weight is 321 g/mol. The van der Waals surface area contributed by atoms with Gasteiger partial charge in [0.25, 0.3) is 5.91 Å². The number of hydrogen-bond donors (Lipinski definition) is 3. The summed E-state index contributed by atoms with van der Waals surface area (Å²) in [6, 6.07) is 6.88. The van der Waals surface area contributed by atoms with Crippen molar-refractivity contribution in [1.82, 2.24) is 16.0 Å². The van der Waals surface area contributed by atoms with Gasteiger partial charge < -0.3 is 25.5 Å². The second kappa shape index (κ2) is 11.2. The van der Waals surface area contributed by atoms with Crippen LogP contribution in [0.3, 0.4) is 0 Å². The van der Waals surface area contributed by atoms with E-state index < -0.39 is 0 Å². The number of carbonyl (C=O) groups excluding carboxylic acids is 3. The molecule has 23 heavy (non-hydrogen) atoms. The van der Waals surface area contributed by atoms with Gasteiger partial charge in [-0.2, -0.15) is 0 Å². The highest BCUT2D eigenvalue weighted by atomic mass is 16.5. The predicted octanol–water partition coefficient (Wildman–Crippen LogP) is 0.110. The Bertz CT molecular complexity index is 503. The summed E-state index contributed by atoms with van der Waals surface area (Å²) in [5.41, 5.74) is 0.577. The topological polar surface area (TPSA) is 96.5 Å². The van der Waals surface area contributed by atoms with E-state index in [0.29, 0.717) is 37.5 Å².